The Kier molecular flexibility index (Phi) is 5.51. The molecule has 1 aromatic heterocycles. The van der Waals surface area contributed by atoms with Crippen molar-refractivity contribution in [2.45, 2.75) is 51.9 Å². The Labute approximate surface area is 149 Å². The summed E-state index contributed by atoms with van der Waals surface area (Å²) < 4.78 is 5.35. The Morgan fingerprint density at radius 1 is 1.36 bits per heavy atom. The molecule has 0 unspecified atom stereocenters. The molecule has 1 aliphatic rings. The fourth-order valence-corrected chi connectivity index (χ4v) is 3.67. The zero-order valence-corrected chi connectivity index (χ0v) is 15.3. The van der Waals surface area contributed by atoms with E-state index < -0.39 is 0 Å². The topological polar surface area (TPSA) is 59.2 Å². The second-order valence-electron chi connectivity index (χ2n) is 7.08. The smallest absolute Gasteiger partial charge is 0.231 e. The Balaban J connectivity index is 1.79. The molecule has 25 heavy (non-hydrogen) atoms. The molecule has 0 N–H and O–H groups in total. The molecule has 2 aromatic rings. The van der Waals surface area contributed by atoms with Crippen LogP contribution >= 0.6 is 0 Å². The zero-order valence-electron chi connectivity index (χ0n) is 15.3. The van der Waals surface area contributed by atoms with Crippen LogP contribution in [0.5, 0.6) is 0 Å². The maximum absolute atomic E-state index is 13.3. The number of benzene rings is 1. The molecule has 3 atom stereocenters. The van der Waals surface area contributed by atoms with Crippen LogP contribution in [-0.2, 0) is 4.79 Å². The SMILES string of the molecule is CC[C@H](C)[C@@H](C(=O)N1CCC[C@@H](c2nc(C)no2)C1)c1ccccc1. The van der Waals surface area contributed by atoms with Gasteiger partial charge in [0.05, 0.1) is 11.8 Å². The van der Waals surface area contributed by atoms with E-state index >= 15 is 0 Å². The van der Waals surface area contributed by atoms with Gasteiger partial charge in [-0.2, -0.15) is 4.98 Å². The molecule has 0 saturated carbocycles. The van der Waals surface area contributed by atoms with Crippen molar-refractivity contribution in [1.82, 2.24) is 15.0 Å². The molecule has 0 radical (unpaired) electrons. The lowest BCUT2D eigenvalue weighted by molar-refractivity contribution is -0.135. The first kappa shape index (κ1) is 17.6. The summed E-state index contributed by atoms with van der Waals surface area (Å²) in [4.78, 5) is 19.7. The lowest BCUT2D eigenvalue weighted by Gasteiger charge is -2.35. The number of amides is 1. The van der Waals surface area contributed by atoms with Gasteiger partial charge in [-0.15, -0.1) is 0 Å². The standard InChI is InChI=1S/C20H27N3O2/c1-4-14(2)18(16-9-6-5-7-10-16)20(24)23-12-8-11-17(13-23)19-21-15(3)22-25-19/h5-7,9-10,14,17-18H,4,8,11-13H2,1-3H3/t14-,17+,18+/m0/s1. The summed E-state index contributed by atoms with van der Waals surface area (Å²) in [5.74, 6) is 1.90. The molecule has 0 bridgehead atoms. The number of piperidine rings is 1. The molecule has 2 heterocycles. The molecule has 1 aromatic carbocycles. The Bertz CT molecular complexity index is 698. The number of aromatic nitrogens is 2. The van der Waals surface area contributed by atoms with E-state index in [4.69, 9.17) is 4.52 Å². The van der Waals surface area contributed by atoms with Crippen LogP contribution in [0, 0.1) is 12.8 Å². The minimum absolute atomic E-state index is 0.0885. The quantitative estimate of drug-likeness (QED) is 0.827. The van der Waals surface area contributed by atoms with Crippen LogP contribution in [0.1, 0.15) is 62.2 Å². The van der Waals surface area contributed by atoms with Gasteiger partial charge in [0.1, 0.15) is 0 Å². The van der Waals surface area contributed by atoms with Gasteiger partial charge in [0.15, 0.2) is 5.82 Å². The summed E-state index contributed by atoms with van der Waals surface area (Å²) in [6.07, 6.45) is 2.94. The van der Waals surface area contributed by atoms with E-state index in [0.717, 1.165) is 31.4 Å². The van der Waals surface area contributed by atoms with Crippen molar-refractivity contribution < 1.29 is 9.32 Å². The first-order chi connectivity index (χ1) is 12.1. The fourth-order valence-electron chi connectivity index (χ4n) is 3.67. The van der Waals surface area contributed by atoms with Crippen LogP contribution in [0.2, 0.25) is 0 Å². The van der Waals surface area contributed by atoms with Crippen molar-refractivity contribution in [2.75, 3.05) is 13.1 Å². The number of likely N-dealkylation sites (tertiary alicyclic amines) is 1. The highest BCUT2D eigenvalue weighted by Gasteiger charge is 2.34. The molecule has 0 aliphatic carbocycles. The Morgan fingerprint density at radius 2 is 2.12 bits per heavy atom. The van der Waals surface area contributed by atoms with Crippen LogP contribution in [0.3, 0.4) is 0 Å². The van der Waals surface area contributed by atoms with Crippen LogP contribution in [-0.4, -0.2) is 34.0 Å². The minimum atomic E-state index is -0.0885. The van der Waals surface area contributed by atoms with E-state index in [1.54, 1.807) is 0 Å². The van der Waals surface area contributed by atoms with Gasteiger partial charge >= 0.3 is 0 Å². The summed E-state index contributed by atoms with van der Waals surface area (Å²) in [5, 5.41) is 3.90. The second kappa shape index (κ2) is 7.81. The summed E-state index contributed by atoms with van der Waals surface area (Å²) in [5.41, 5.74) is 1.11. The third-order valence-electron chi connectivity index (χ3n) is 5.26. The van der Waals surface area contributed by atoms with E-state index in [9.17, 15) is 4.79 Å². The molecule has 0 spiro atoms. The molecule has 5 nitrogen and oxygen atoms in total. The summed E-state index contributed by atoms with van der Waals surface area (Å²) >= 11 is 0. The number of rotatable bonds is 5. The van der Waals surface area contributed by atoms with Crippen molar-refractivity contribution in [3.63, 3.8) is 0 Å². The molecule has 1 aliphatic heterocycles. The van der Waals surface area contributed by atoms with E-state index in [2.05, 4.69) is 36.1 Å². The summed E-state index contributed by atoms with van der Waals surface area (Å²) in [6.45, 7) is 7.61. The highest BCUT2D eigenvalue weighted by atomic mass is 16.5. The highest BCUT2D eigenvalue weighted by molar-refractivity contribution is 5.84. The lowest BCUT2D eigenvalue weighted by atomic mass is 9.83. The van der Waals surface area contributed by atoms with Gasteiger partial charge < -0.3 is 9.42 Å². The van der Waals surface area contributed by atoms with Gasteiger partial charge in [-0.25, -0.2) is 0 Å². The normalized spacial score (nSPS) is 20.3. The van der Waals surface area contributed by atoms with E-state index in [-0.39, 0.29) is 17.7 Å². The van der Waals surface area contributed by atoms with Crippen molar-refractivity contribution in [2.24, 2.45) is 5.92 Å². The maximum Gasteiger partial charge on any atom is 0.231 e. The zero-order chi connectivity index (χ0) is 17.8. The lowest BCUT2D eigenvalue weighted by Crippen LogP contribution is -2.43. The number of hydrogen-bond acceptors (Lipinski definition) is 4. The molecular formula is C20H27N3O2. The fraction of sp³-hybridized carbons (Fsp3) is 0.550. The monoisotopic (exact) mass is 341 g/mol. The summed E-state index contributed by atoms with van der Waals surface area (Å²) in [6, 6.07) is 10.2. The predicted molar refractivity (Wildman–Crippen MR) is 96.2 cm³/mol. The highest BCUT2D eigenvalue weighted by Crippen LogP contribution is 2.32. The molecule has 1 saturated heterocycles. The van der Waals surface area contributed by atoms with Gasteiger partial charge in [-0.1, -0.05) is 55.8 Å². The maximum atomic E-state index is 13.3. The molecule has 1 amide bonds. The molecule has 5 heteroatoms. The van der Waals surface area contributed by atoms with Gasteiger partial charge in [-0.3, -0.25) is 4.79 Å². The van der Waals surface area contributed by atoms with Gasteiger partial charge in [0.2, 0.25) is 11.8 Å². The van der Waals surface area contributed by atoms with E-state index in [1.165, 1.54) is 0 Å². The van der Waals surface area contributed by atoms with Gasteiger partial charge in [0.25, 0.3) is 0 Å². The number of aryl methyl sites for hydroxylation is 1. The van der Waals surface area contributed by atoms with E-state index in [1.807, 2.05) is 30.0 Å². The molecule has 3 rings (SSSR count). The number of hydrogen-bond donors (Lipinski definition) is 0. The third kappa shape index (κ3) is 3.91. The number of carbonyl (C=O) groups is 1. The van der Waals surface area contributed by atoms with Crippen molar-refractivity contribution in [3.8, 4) is 0 Å². The third-order valence-corrected chi connectivity index (χ3v) is 5.26. The predicted octanol–water partition coefficient (Wildman–Crippen LogP) is 3.91. The average molecular weight is 341 g/mol. The van der Waals surface area contributed by atoms with Crippen LogP contribution in [0.4, 0.5) is 0 Å². The number of carbonyl (C=O) groups excluding carboxylic acids is 1. The van der Waals surface area contributed by atoms with Crippen LogP contribution in [0.25, 0.3) is 0 Å². The van der Waals surface area contributed by atoms with Crippen LogP contribution < -0.4 is 0 Å². The number of nitrogens with zero attached hydrogens (tertiary/aromatic N) is 3. The Hall–Kier alpha value is -2.17. The molecular weight excluding hydrogens is 314 g/mol. The van der Waals surface area contributed by atoms with Crippen molar-refractivity contribution >= 4 is 5.91 Å². The van der Waals surface area contributed by atoms with Gasteiger partial charge in [0, 0.05) is 13.1 Å². The van der Waals surface area contributed by atoms with Crippen molar-refractivity contribution in [1.29, 1.82) is 0 Å². The molecule has 1 fully saturated rings. The van der Waals surface area contributed by atoms with Crippen LogP contribution in [0.15, 0.2) is 34.9 Å². The first-order valence-corrected chi connectivity index (χ1v) is 9.24. The van der Waals surface area contributed by atoms with Gasteiger partial charge in [-0.05, 0) is 31.2 Å². The van der Waals surface area contributed by atoms with Crippen molar-refractivity contribution in [3.05, 3.63) is 47.6 Å². The first-order valence-electron chi connectivity index (χ1n) is 9.24. The molecule has 134 valence electrons. The van der Waals surface area contributed by atoms with E-state index in [0.29, 0.717) is 24.2 Å². The largest absolute Gasteiger partial charge is 0.341 e. The Morgan fingerprint density at radius 3 is 2.76 bits per heavy atom. The average Bonchev–Trinajstić information content (AvgIpc) is 3.09. The summed E-state index contributed by atoms with van der Waals surface area (Å²) in [7, 11) is 0. The second-order valence-corrected chi connectivity index (χ2v) is 7.08. The minimum Gasteiger partial charge on any atom is -0.341 e.